The highest BCUT2D eigenvalue weighted by Gasteiger charge is 2.28. The van der Waals surface area contributed by atoms with Gasteiger partial charge in [-0.15, -0.1) is 0 Å². The normalized spacial score (nSPS) is 15.3. The average molecular weight is 332 g/mol. The topological polar surface area (TPSA) is 32.3 Å². The Morgan fingerprint density at radius 1 is 1.56 bits per heavy atom. The molecule has 1 heterocycles. The number of nitrogens with zero attached hydrogens (tertiary/aromatic N) is 1. The first kappa shape index (κ1) is 13.8. The Hall–Kier alpha value is -0.580. The lowest BCUT2D eigenvalue weighted by atomic mass is 10.1. The van der Waals surface area contributed by atoms with Crippen LogP contribution in [0.5, 0.6) is 0 Å². The summed E-state index contributed by atoms with van der Waals surface area (Å²) in [4.78, 5) is 14.4. The molecule has 0 aliphatic carbocycles. The smallest absolute Gasteiger partial charge is 0.254 e. The minimum atomic E-state index is 0.0674. The van der Waals surface area contributed by atoms with Gasteiger partial charge in [-0.25, -0.2) is 0 Å². The predicted molar refractivity (Wildman–Crippen MR) is 77.1 cm³/mol. The van der Waals surface area contributed by atoms with E-state index in [4.69, 9.17) is 11.6 Å². The summed E-state index contributed by atoms with van der Waals surface area (Å²) in [5.74, 6) is 0.0674. The van der Waals surface area contributed by atoms with E-state index in [1.54, 1.807) is 6.07 Å². The van der Waals surface area contributed by atoms with Crippen LogP contribution in [0.25, 0.3) is 0 Å². The van der Waals surface area contributed by atoms with E-state index in [0.29, 0.717) is 16.6 Å². The fourth-order valence-electron chi connectivity index (χ4n) is 1.98. The number of carbonyl (C=O) groups is 1. The summed E-state index contributed by atoms with van der Waals surface area (Å²) < 4.78 is 0.813. The molecule has 2 rings (SSSR count). The van der Waals surface area contributed by atoms with Gasteiger partial charge in [-0.1, -0.05) is 18.5 Å². The number of rotatable bonds is 4. The number of nitrogens with one attached hydrogen (secondary N) is 1. The minimum Gasteiger partial charge on any atom is -0.333 e. The van der Waals surface area contributed by atoms with Crippen LogP contribution < -0.4 is 5.32 Å². The van der Waals surface area contributed by atoms with Crippen molar-refractivity contribution in [3.05, 3.63) is 33.3 Å². The van der Waals surface area contributed by atoms with E-state index < -0.39 is 0 Å². The zero-order valence-corrected chi connectivity index (χ0v) is 12.6. The molecule has 1 aliphatic heterocycles. The van der Waals surface area contributed by atoms with Crippen LogP contribution in [0.3, 0.4) is 0 Å². The van der Waals surface area contributed by atoms with E-state index in [1.807, 2.05) is 17.0 Å². The van der Waals surface area contributed by atoms with Crippen molar-refractivity contribution in [2.75, 3.05) is 19.6 Å². The van der Waals surface area contributed by atoms with Crippen molar-refractivity contribution in [3.8, 4) is 0 Å². The van der Waals surface area contributed by atoms with Crippen LogP contribution in [0.4, 0.5) is 0 Å². The molecule has 1 saturated heterocycles. The number of carbonyl (C=O) groups excluding carboxylic acids is 1. The lowest BCUT2D eigenvalue weighted by Crippen LogP contribution is -2.59. The molecule has 0 saturated carbocycles. The minimum absolute atomic E-state index is 0.0674. The lowest BCUT2D eigenvalue weighted by molar-refractivity contribution is 0.0616. The van der Waals surface area contributed by atoms with Gasteiger partial charge in [-0.05, 0) is 40.5 Å². The fourth-order valence-corrected chi connectivity index (χ4v) is 2.41. The molecule has 3 nitrogen and oxygen atoms in total. The molecule has 98 valence electrons. The second-order valence-corrected chi connectivity index (χ2v) is 5.70. The highest BCUT2D eigenvalue weighted by Crippen LogP contribution is 2.24. The Morgan fingerprint density at radius 3 is 2.78 bits per heavy atom. The van der Waals surface area contributed by atoms with Crippen molar-refractivity contribution in [1.29, 1.82) is 0 Å². The van der Waals surface area contributed by atoms with Gasteiger partial charge in [0.2, 0.25) is 0 Å². The second kappa shape index (κ2) is 6.04. The SMILES string of the molecule is CCCN(C(=O)c1ccc(Br)c(Cl)c1)C1CNC1. The maximum absolute atomic E-state index is 12.5. The van der Waals surface area contributed by atoms with Crippen LogP contribution in [0.1, 0.15) is 23.7 Å². The number of halogens is 2. The zero-order chi connectivity index (χ0) is 13.1. The van der Waals surface area contributed by atoms with Gasteiger partial charge in [0.25, 0.3) is 5.91 Å². The predicted octanol–water partition coefficient (Wildman–Crippen LogP) is 2.93. The number of benzene rings is 1. The van der Waals surface area contributed by atoms with E-state index in [0.717, 1.165) is 30.5 Å². The largest absolute Gasteiger partial charge is 0.333 e. The van der Waals surface area contributed by atoms with Crippen molar-refractivity contribution in [2.45, 2.75) is 19.4 Å². The fraction of sp³-hybridized carbons (Fsp3) is 0.462. The van der Waals surface area contributed by atoms with Gasteiger partial charge in [0.05, 0.1) is 11.1 Å². The maximum Gasteiger partial charge on any atom is 0.254 e. The summed E-state index contributed by atoms with van der Waals surface area (Å²) in [6, 6.07) is 5.67. The summed E-state index contributed by atoms with van der Waals surface area (Å²) in [6.45, 7) is 4.64. The van der Waals surface area contributed by atoms with E-state index in [9.17, 15) is 4.79 Å². The van der Waals surface area contributed by atoms with Crippen LogP contribution in [-0.4, -0.2) is 36.5 Å². The van der Waals surface area contributed by atoms with Crippen LogP contribution >= 0.6 is 27.5 Å². The Kier molecular flexibility index (Phi) is 4.65. The van der Waals surface area contributed by atoms with Gasteiger partial charge in [0.1, 0.15) is 0 Å². The first-order valence-electron chi connectivity index (χ1n) is 6.10. The van der Waals surface area contributed by atoms with Crippen molar-refractivity contribution in [1.82, 2.24) is 10.2 Å². The third-order valence-electron chi connectivity index (χ3n) is 3.09. The summed E-state index contributed by atoms with van der Waals surface area (Å²) in [5, 5.41) is 3.77. The second-order valence-electron chi connectivity index (χ2n) is 4.44. The van der Waals surface area contributed by atoms with Gasteiger partial charge in [0, 0.05) is 29.7 Å². The highest BCUT2D eigenvalue weighted by atomic mass is 79.9. The molecule has 5 heteroatoms. The van der Waals surface area contributed by atoms with Crippen LogP contribution in [-0.2, 0) is 0 Å². The van der Waals surface area contributed by atoms with E-state index in [2.05, 4.69) is 28.2 Å². The molecule has 0 radical (unpaired) electrons. The zero-order valence-electron chi connectivity index (χ0n) is 10.2. The first-order chi connectivity index (χ1) is 8.63. The molecule has 0 unspecified atom stereocenters. The van der Waals surface area contributed by atoms with Gasteiger partial charge >= 0.3 is 0 Å². The molecule has 1 amide bonds. The molecule has 1 aromatic carbocycles. The quantitative estimate of drug-likeness (QED) is 0.920. The monoisotopic (exact) mass is 330 g/mol. The van der Waals surface area contributed by atoms with Crippen LogP contribution in [0.15, 0.2) is 22.7 Å². The summed E-state index contributed by atoms with van der Waals surface area (Å²) >= 11 is 9.37. The molecule has 1 aliphatic rings. The van der Waals surface area contributed by atoms with Crippen molar-refractivity contribution in [2.24, 2.45) is 0 Å². The summed E-state index contributed by atoms with van der Waals surface area (Å²) in [7, 11) is 0. The Bertz CT molecular complexity index is 449. The van der Waals surface area contributed by atoms with E-state index in [1.165, 1.54) is 0 Å². The Morgan fingerprint density at radius 2 is 2.28 bits per heavy atom. The molecule has 0 spiro atoms. The van der Waals surface area contributed by atoms with Crippen LogP contribution in [0, 0.1) is 0 Å². The molecule has 0 aromatic heterocycles. The van der Waals surface area contributed by atoms with Crippen molar-refractivity contribution < 1.29 is 4.79 Å². The molecule has 1 aromatic rings. The van der Waals surface area contributed by atoms with E-state index >= 15 is 0 Å². The molecule has 1 N–H and O–H groups in total. The molecular formula is C13H16BrClN2O. The number of amides is 1. The summed E-state index contributed by atoms with van der Waals surface area (Å²) in [6.07, 6.45) is 0.965. The highest BCUT2D eigenvalue weighted by molar-refractivity contribution is 9.10. The first-order valence-corrected chi connectivity index (χ1v) is 7.27. The Balaban J connectivity index is 2.18. The molecule has 1 fully saturated rings. The lowest BCUT2D eigenvalue weighted by Gasteiger charge is -2.38. The standard InChI is InChI=1S/C13H16BrClN2O/c1-2-5-17(10-7-16-8-10)13(18)9-3-4-11(14)12(15)6-9/h3-4,6,10,16H,2,5,7-8H2,1H3. The van der Waals surface area contributed by atoms with Crippen molar-refractivity contribution >= 4 is 33.4 Å². The molecular weight excluding hydrogens is 316 g/mol. The molecule has 18 heavy (non-hydrogen) atoms. The van der Waals surface area contributed by atoms with E-state index in [-0.39, 0.29) is 5.91 Å². The van der Waals surface area contributed by atoms with Gasteiger partial charge in [0.15, 0.2) is 0 Å². The third-order valence-corrected chi connectivity index (χ3v) is 4.33. The Labute approximate surface area is 121 Å². The molecule has 0 bridgehead atoms. The van der Waals surface area contributed by atoms with Crippen molar-refractivity contribution in [3.63, 3.8) is 0 Å². The number of hydrogen-bond acceptors (Lipinski definition) is 2. The molecule has 0 atom stereocenters. The third kappa shape index (κ3) is 2.87. The van der Waals surface area contributed by atoms with Crippen LogP contribution in [0.2, 0.25) is 5.02 Å². The number of hydrogen-bond donors (Lipinski definition) is 1. The van der Waals surface area contributed by atoms with Gasteiger partial charge in [-0.2, -0.15) is 0 Å². The maximum atomic E-state index is 12.5. The average Bonchev–Trinajstić information content (AvgIpc) is 2.29. The summed E-state index contributed by atoms with van der Waals surface area (Å²) in [5.41, 5.74) is 0.656. The van der Waals surface area contributed by atoms with Gasteiger partial charge < -0.3 is 10.2 Å². The van der Waals surface area contributed by atoms with Gasteiger partial charge in [-0.3, -0.25) is 4.79 Å².